The van der Waals surface area contributed by atoms with Crippen LogP contribution in [-0.2, 0) is 4.79 Å². The first-order valence-electron chi connectivity index (χ1n) is 5.74. The third-order valence-corrected chi connectivity index (χ3v) is 3.48. The second-order valence-electron chi connectivity index (χ2n) is 4.04. The highest BCUT2D eigenvalue weighted by molar-refractivity contribution is 8.13. The molecule has 0 aliphatic carbocycles. The van der Waals surface area contributed by atoms with Gasteiger partial charge in [-0.15, -0.1) is 0 Å². The van der Waals surface area contributed by atoms with E-state index in [2.05, 4.69) is 0 Å². The molecule has 5 nitrogen and oxygen atoms in total. The molecule has 0 fully saturated rings. The van der Waals surface area contributed by atoms with E-state index in [1.54, 1.807) is 0 Å². The molecule has 3 N–H and O–H groups in total. The molecule has 0 aliphatic rings. The Morgan fingerprint density at radius 1 is 1.42 bits per heavy atom. The molecule has 0 radical (unpaired) electrons. The number of benzene rings is 1. The molecule has 0 amide bonds. The molecule has 0 bridgehead atoms. The first kappa shape index (κ1) is 15.7. The van der Waals surface area contributed by atoms with Crippen molar-refractivity contribution in [2.24, 2.45) is 0 Å². The maximum Gasteiger partial charge on any atom is 0.185 e. The minimum absolute atomic E-state index is 0.0340. The Bertz CT molecular complexity index is 460. The lowest BCUT2D eigenvalue weighted by Gasteiger charge is -2.19. The zero-order valence-corrected chi connectivity index (χ0v) is 11.3. The van der Waals surface area contributed by atoms with Crippen molar-refractivity contribution in [2.75, 3.05) is 5.75 Å². The highest BCUT2D eigenvalue weighted by Gasteiger charge is 2.22. The van der Waals surface area contributed by atoms with Gasteiger partial charge in [0.2, 0.25) is 0 Å². The molecule has 0 saturated carbocycles. The van der Waals surface area contributed by atoms with Crippen molar-refractivity contribution < 1.29 is 24.9 Å². The molecule has 0 heterocycles. The third-order valence-electron chi connectivity index (χ3n) is 2.64. The molecule has 0 aromatic heterocycles. The molecular formula is C13H16O5S. The number of carbonyl (C=O) groups is 2. The molecule has 1 rings (SSSR count). The monoisotopic (exact) mass is 284 g/mol. The lowest BCUT2D eigenvalue weighted by molar-refractivity contribution is -0.109. The highest BCUT2D eigenvalue weighted by atomic mass is 32.2. The van der Waals surface area contributed by atoms with Crippen LogP contribution in [0.3, 0.4) is 0 Å². The maximum atomic E-state index is 10.9. The smallest absolute Gasteiger partial charge is 0.185 e. The summed E-state index contributed by atoms with van der Waals surface area (Å²) in [5.41, 5.74) is 0.142. The minimum Gasteiger partial charge on any atom is -0.507 e. The van der Waals surface area contributed by atoms with E-state index >= 15 is 0 Å². The molecule has 1 aromatic rings. The summed E-state index contributed by atoms with van der Waals surface area (Å²) in [5, 5.41) is 29.2. The van der Waals surface area contributed by atoms with Gasteiger partial charge < -0.3 is 15.3 Å². The van der Waals surface area contributed by atoms with Gasteiger partial charge in [-0.2, -0.15) is 0 Å². The number of thioether (sulfide) groups is 1. The predicted molar refractivity (Wildman–Crippen MR) is 72.2 cm³/mol. The van der Waals surface area contributed by atoms with Crippen molar-refractivity contribution in [1.29, 1.82) is 0 Å². The van der Waals surface area contributed by atoms with Gasteiger partial charge in [-0.3, -0.25) is 9.59 Å². The number of aldehydes is 1. The predicted octanol–water partition coefficient (Wildman–Crippen LogP) is 1.27. The molecule has 104 valence electrons. The van der Waals surface area contributed by atoms with Gasteiger partial charge in [0, 0.05) is 12.7 Å². The summed E-state index contributed by atoms with van der Waals surface area (Å²) in [4.78, 5) is 21.6. The maximum absolute atomic E-state index is 10.9. The number of aliphatic hydroxyl groups is 2. The minimum atomic E-state index is -1.28. The zero-order valence-electron chi connectivity index (χ0n) is 10.4. The lowest BCUT2D eigenvalue weighted by atomic mass is 9.97. The largest absolute Gasteiger partial charge is 0.507 e. The number of rotatable bonds is 6. The first-order valence-corrected chi connectivity index (χ1v) is 6.72. The number of carbonyl (C=O) groups excluding carboxylic acids is 2. The van der Waals surface area contributed by atoms with Crippen molar-refractivity contribution >= 4 is 23.2 Å². The Labute approximate surface area is 115 Å². The summed E-state index contributed by atoms with van der Waals surface area (Å²) in [6.07, 6.45) is -1.74. The summed E-state index contributed by atoms with van der Waals surface area (Å²) < 4.78 is 0. The van der Waals surface area contributed by atoms with Crippen LogP contribution in [0.5, 0.6) is 5.75 Å². The van der Waals surface area contributed by atoms with E-state index in [4.69, 9.17) is 0 Å². The van der Waals surface area contributed by atoms with Gasteiger partial charge in [0.15, 0.2) is 11.4 Å². The number of hydrogen-bond donors (Lipinski definition) is 3. The van der Waals surface area contributed by atoms with Crippen LogP contribution in [0, 0.1) is 0 Å². The average molecular weight is 284 g/mol. The second kappa shape index (κ2) is 7.28. The SMILES string of the molecule is CC(=O)SCCC(O)C(O)c1cccc(O)c1C=O. The van der Waals surface area contributed by atoms with E-state index in [1.807, 2.05) is 0 Å². The van der Waals surface area contributed by atoms with Crippen LogP contribution in [0.4, 0.5) is 0 Å². The number of aromatic hydroxyl groups is 1. The van der Waals surface area contributed by atoms with E-state index in [-0.39, 0.29) is 28.4 Å². The van der Waals surface area contributed by atoms with E-state index in [9.17, 15) is 24.9 Å². The van der Waals surface area contributed by atoms with Crippen molar-refractivity contribution in [3.8, 4) is 5.75 Å². The van der Waals surface area contributed by atoms with E-state index < -0.39 is 12.2 Å². The van der Waals surface area contributed by atoms with Gasteiger partial charge in [0.25, 0.3) is 0 Å². The molecular weight excluding hydrogens is 268 g/mol. The van der Waals surface area contributed by atoms with Crippen LogP contribution in [0.2, 0.25) is 0 Å². The third kappa shape index (κ3) is 4.34. The first-order chi connectivity index (χ1) is 8.97. The lowest BCUT2D eigenvalue weighted by Crippen LogP contribution is -2.20. The molecule has 1 aromatic carbocycles. The number of hydrogen-bond acceptors (Lipinski definition) is 6. The van der Waals surface area contributed by atoms with Gasteiger partial charge >= 0.3 is 0 Å². The fourth-order valence-electron chi connectivity index (χ4n) is 1.65. The van der Waals surface area contributed by atoms with Gasteiger partial charge in [0.1, 0.15) is 11.9 Å². The molecule has 6 heteroatoms. The van der Waals surface area contributed by atoms with E-state index in [1.165, 1.54) is 25.1 Å². The molecule has 19 heavy (non-hydrogen) atoms. The van der Waals surface area contributed by atoms with E-state index in [0.717, 1.165) is 11.8 Å². The standard InChI is InChI=1S/C13H16O5S/c1-8(15)19-6-5-12(17)13(18)9-3-2-4-11(16)10(9)7-14/h2-4,7,12-13,16-18H,5-6H2,1H3. The Hall–Kier alpha value is -1.37. The van der Waals surface area contributed by atoms with Crippen LogP contribution < -0.4 is 0 Å². The van der Waals surface area contributed by atoms with Crippen LogP contribution in [0.1, 0.15) is 35.4 Å². The zero-order chi connectivity index (χ0) is 14.4. The van der Waals surface area contributed by atoms with Gasteiger partial charge in [-0.25, -0.2) is 0 Å². The van der Waals surface area contributed by atoms with Crippen molar-refractivity contribution in [3.63, 3.8) is 0 Å². The van der Waals surface area contributed by atoms with Crippen LogP contribution in [0.15, 0.2) is 18.2 Å². The molecule has 0 aliphatic heterocycles. The van der Waals surface area contributed by atoms with Gasteiger partial charge in [-0.05, 0) is 18.1 Å². The summed E-state index contributed by atoms with van der Waals surface area (Å²) in [6.45, 7) is 1.42. The summed E-state index contributed by atoms with van der Waals surface area (Å²) in [5.74, 6) is 0.139. The Morgan fingerprint density at radius 2 is 2.11 bits per heavy atom. The van der Waals surface area contributed by atoms with Gasteiger partial charge in [0.05, 0.1) is 11.7 Å². The Balaban J connectivity index is 2.76. The second-order valence-corrected chi connectivity index (χ2v) is 5.31. The number of aliphatic hydroxyl groups excluding tert-OH is 2. The topological polar surface area (TPSA) is 94.8 Å². The van der Waals surface area contributed by atoms with Crippen LogP contribution in [-0.4, -0.2) is 38.6 Å². The quantitative estimate of drug-likeness (QED) is 0.681. The van der Waals surface area contributed by atoms with Crippen molar-refractivity contribution in [3.05, 3.63) is 29.3 Å². The average Bonchev–Trinajstić information content (AvgIpc) is 2.37. The summed E-state index contributed by atoms with van der Waals surface area (Å²) >= 11 is 1.06. The molecule has 0 spiro atoms. The summed E-state index contributed by atoms with van der Waals surface area (Å²) in [6, 6.07) is 4.28. The van der Waals surface area contributed by atoms with Crippen LogP contribution in [0.25, 0.3) is 0 Å². The number of phenolic OH excluding ortho intramolecular Hbond substituents is 1. The van der Waals surface area contributed by atoms with Crippen molar-refractivity contribution in [1.82, 2.24) is 0 Å². The fraction of sp³-hybridized carbons (Fsp3) is 0.385. The Kier molecular flexibility index (Phi) is 6.01. The number of phenols is 1. The van der Waals surface area contributed by atoms with Crippen LogP contribution >= 0.6 is 11.8 Å². The summed E-state index contributed by atoms with van der Waals surface area (Å²) in [7, 11) is 0. The Morgan fingerprint density at radius 3 is 2.68 bits per heavy atom. The fourth-order valence-corrected chi connectivity index (χ4v) is 2.29. The van der Waals surface area contributed by atoms with E-state index in [0.29, 0.717) is 12.0 Å². The normalized spacial score (nSPS) is 13.8. The highest BCUT2D eigenvalue weighted by Crippen LogP contribution is 2.27. The van der Waals surface area contributed by atoms with Gasteiger partial charge in [-0.1, -0.05) is 23.9 Å². The molecule has 0 saturated heterocycles. The molecule has 2 atom stereocenters. The van der Waals surface area contributed by atoms with Crippen molar-refractivity contribution in [2.45, 2.75) is 25.6 Å². The molecule has 2 unspecified atom stereocenters.